The lowest BCUT2D eigenvalue weighted by Gasteiger charge is -2.13. The highest BCUT2D eigenvalue weighted by molar-refractivity contribution is 7.98. The first-order valence-corrected chi connectivity index (χ1v) is 12.4. The van der Waals surface area contributed by atoms with Gasteiger partial charge >= 0.3 is 0 Å². The molecule has 0 radical (unpaired) electrons. The average molecular weight is 495 g/mol. The van der Waals surface area contributed by atoms with Crippen LogP contribution in [0.3, 0.4) is 0 Å². The van der Waals surface area contributed by atoms with E-state index in [4.69, 9.17) is 4.74 Å². The number of benzene rings is 3. The van der Waals surface area contributed by atoms with Gasteiger partial charge in [0.25, 0.3) is 5.56 Å². The van der Waals surface area contributed by atoms with Crippen LogP contribution in [0, 0.1) is 0 Å². The molecule has 0 unspecified atom stereocenters. The number of ether oxygens (including phenoxy) is 1. The molecular formula is C27H22N6O2S. The summed E-state index contributed by atoms with van der Waals surface area (Å²) in [6.07, 6.45) is 3.88. The first-order chi connectivity index (χ1) is 17.7. The van der Waals surface area contributed by atoms with Gasteiger partial charge in [-0.1, -0.05) is 60.3 Å². The fourth-order valence-electron chi connectivity index (χ4n) is 4.28. The van der Waals surface area contributed by atoms with Crippen LogP contribution in [0.1, 0.15) is 11.1 Å². The third kappa shape index (κ3) is 3.93. The van der Waals surface area contributed by atoms with Gasteiger partial charge in [0.2, 0.25) is 5.78 Å². The summed E-state index contributed by atoms with van der Waals surface area (Å²) >= 11 is 1.56. The highest BCUT2D eigenvalue weighted by Gasteiger charge is 2.18. The predicted molar refractivity (Wildman–Crippen MR) is 140 cm³/mol. The van der Waals surface area contributed by atoms with Gasteiger partial charge in [-0.05, 0) is 30.3 Å². The maximum absolute atomic E-state index is 13.5. The molecular weight excluding hydrogens is 472 g/mol. The summed E-state index contributed by atoms with van der Waals surface area (Å²) < 4.78 is 11.0. The Balaban J connectivity index is 1.39. The van der Waals surface area contributed by atoms with Gasteiger partial charge < -0.3 is 4.74 Å². The van der Waals surface area contributed by atoms with Crippen LogP contribution in [-0.2, 0) is 12.3 Å². The molecule has 6 rings (SSSR count). The Morgan fingerprint density at radius 3 is 2.56 bits per heavy atom. The molecule has 0 N–H and O–H groups in total. The normalized spacial score (nSPS) is 11.4. The number of hydrogen-bond donors (Lipinski definition) is 0. The lowest BCUT2D eigenvalue weighted by Crippen LogP contribution is -2.24. The van der Waals surface area contributed by atoms with E-state index in [1.165, 1.54) is 0 Å². The minimum Gasteiger partial charge on any atom is -0.496 e. The fourth-order valence-corrected chi connectivity index (χ4v) is 5.13. The van der Waals surface area contributed by atoms with Crippen LogP contribution in [-0.4, -0.2) is 36.1 Å². The van der Waals surface area contributed by atoms with E-state index in [2.05, 4.69) is 15.3 Å². The number of nitrogens with zero attached hydrogens (tertiary/aromatic N) is 6. The molecule has 0 aliphatic rings. The Morgan fingerprint density at radius 1 is 0.917 bits per heavy atom. The third-order valence-corrected chi connectivity index (χ3v) is 7.02. The molecule has 6 aromatic rings. The van der Waals surface area contributed by atoms with Crippen molar-refractivity contribution in [3.05, 3.63) is 113 Å². The number of rotatable bonds is 7. The molecule has 3 heterocycles. The maximum atomic E-state index is 13.5. The largest absolute Gasteiger partial charge is 0.496 e. The van der Waals surface area contributed by atoms with Crippen molar-refractivity contribution in [2.75, 3.05) is 7.11 Å². The minimum absolute atomic E-state index is 0.114. The van der Waals surface area contributed by atoms with E-state index in [0.717, 1.165) is 28.1 Å². The van der Waals surface area contributed by atoms with Gasteiger partial charge in [0.05, 0.1) is 36.4 Å². The van der Waals surface area contributed by atoms with Gasteiger partial charge in [-0.3, -0.25) is 13.8 Å². The first-order valence-electron chi connectivity index (χ1n) is 11.4. The topological polar surface area (TPSA) is 79.2 Å². The summed E-state index contributed by atoms with van der Waals surface area (Å²) in [5, 5.41) is 14.7. The van der Waals surface area contributed by atoms with E-state index in [1.54, 1.807) is 23.4 Å². The SMILES string of the molecule is COc1ccccc1Cn1c(=O)c2ccccc2n2c(SCc3cnn(-c4ccccc4)c3)nnc12. The zero-order valence-corrected chi connectivity index (χ0v) is 20.3. The van der Waals surface area contributed by atoms with Crippen molar-refractivity contribution in [2.24, 2.45) is 0 Å². The van der Waals surface area contributed by atoms with Crippen LogP contribution >= 0.6 is 11.8 Å². The summed E-state index contributed by atoms with van der Waals surface area (Å²) in [6, 6.07) is 25.2. The second-order valence-electron chi connectivity index (χ2n) is 8.26. The summed E-state index contributed by atoms with van der Waals surface area (Å²) in [5.74, 6) is 1.88. The van der Waals surface area contributed by atoms with E-state index in [1.807, 2.05) is 100 Å². The molecule has 0 aliphatic heterocycles. The van der Waals surface area contributed by atoms with Gasteiger partial charge in [-0.2, -0.15) is 5.10 Å². The smallest absolute Gasteiger partial charge is 0.263 e. The quantitative estimate of drug-likeness (QED) is 0.302. The van der Waals surface area contributed by atoms with Crippen molar-refractivity contribution in [1.29, 1.82) is 0 Å². The molecule has 0 amide bonds. The van der Waals surface area contributed by atoms with Gasteiger partial charge in [0, 0.05) is 23.1 Å². The Labute approximate surface area is 210 Å². The van der Waals surface area contributed by atoms with Crippen LogP contribution in [0.4, 0.5) is 0 Å². The van der Waals surface area contributed by atoms with Crippen molar-refractivity contribution in [3.63, 3.8) is 0 Å². The van der Waals surface area contributed by atoms with Crippen LogP contribution in [0.15, 0.2) is 101 Å². The molecule has 178 valence electrons. The van der Waals surface area contributed by atoms with Gasteiger partial charge in [-0.25, -0.2) is 4.68 Å². The predicted octanol–water partition coefficient (Wildman–Crippen LogP) is 4.58. The highest BCUT2D eigenvalue weighted by Crippen LogP contribution is 2.26. The molecule has 9 heteroatoms. The number of para-hydroxylation sites is 3. The van der Waals surface area contributed by atoms with E-state index in [-0.39, 0.29) is 5.56 Å². The number of thioether (sulfide) groups is 1. The summed E-state index contributed by atoms with van der Waals surface area (Å²) in [4.78, 5) is 13.5. The maximum Gasteiger partial charge on any atom is 0.263 e. The van der Waals surface area contributed by atoms with Crippen molar-refractivity contribution < 1.29 is 4.74 Å². The highest BCUT2D eigenvalue weighted by atomic mass is 32.2. The van der Waals surface area contributed by atoms with E-state index in [9.17, 15) is 4.79 Å². The molecule has 8 nitrogen and oxygen atoms in total. The van der Waals surface area contributed by atoms with Gasteiger partial charge in [-0.15, -0.1) is 10.2 Å². The number of hydrogen-bond acceptors (Lipinski definition) is 6. The minimum atomic E-state index is -0.114. The molecule has 0 saturated carbocycles. The number of methoxy groups -OCH3 is 1. The van der Waals surface area contributed by atoms with Gasteiger partial charge in [0.15, 0.2) is 5.16 Å². The molecule has 3 aromatic heterocycles. The fraction of sp³-hybridized carbons (Fsp3) is 0.111. The standard InChI is InChI=1S/C27H22N6O2S/c1-35-24-14-8-5-9-20(24)17-31-25(34)22-12-6-7-13-23(22)33-26(31)29-30-27(33)36-18-19-15-28-32(16-19)21-10-3-2-4-11-21/h2-16H,17-18H2,1H3. The second kappa shape index (κ2) is 9.35. The molecule has 0 saturated heterocycles. The van der Waals surface area contributed by atoms with Crippen molar-refractivity contribution in [1.82, 2.24) is 28.9 Å². The van der Waals surface area contributed by atoms with Gasteiger partial charge in [0.1, 0.15) is 5.75 Å². The zero-order valence-electron chi connectivity index (χ0n) is 19.5. The second-order valence-corrected chi connectivity index (χ2v) is 9.20. The van der Waals surface area contributed by atoms with Crippen LogP contribution < -0.4 is 10.3 Å². The van der Waals surface area contributed by atoms with E-state index >= 15 is 0 Å². The Bertz CT molecular complexity index is 1740. The molecule has 0 bridgehead atoms. The molecule has 0 spiro atoms. The summed E-state index contributed by atoms with van der Waals surface area (Å²) in [7, 11) is 1.63. The Hall–Kier alpha value is -4.37. The Kier molecular flexibility index (Phi) is 5.74. The van der Waals surface area contributed by atoms with Crippen LogP contribution in [0.25, 0.3) is 22.4 Å². The average Bonchev–Trinajstić information content (AvgIpc) is 3.58. The van der Waals surface area contributed by atoms with E-state index in [0.29, 0.717) is 28.6 Å². The monoisotopic (exact) mass is 494 g/mol. The van der Waals surface area contributed by atoms with Crippen LogP contribution in [0.2, 0.25) is 0 Å². The van der Waals surface area contributed by atoms with E-state index < -0.39 is 0 Å². The lowest BCUT2D eigenvalue weighted by atomic mass is 10.2. The summed E-state index contributed by atoms with van der Waals surface area (Å²) in [5.41, 5.74) is 3.63. The number of aromatic nitrogens is 6. The Morgan fingerprint density at radius 2 is 1.69 bits per heavy atom. The van der Waals surface area contributed by atoms with Crippen molar-refractivity contribution in [2.45, 2.75) is 17.5 Å². The molecule has 0 aliphatic carbocycles. The van der Waals surface area contributed by atoms with Crippen LogP contribution in [0.5, 0.6) is 5.75 Å². The zero-order chi connectivity index (χ0) is 24.5. The lowest BCUT2D eigenvalue weighted by molar-refractivity contribution is 0.408. The first kappa shape index (κ1) is 22.1. The third-order valence-electron chi connectivity index (χ3n) is 6.02. The molecule has 0 atom stereocenters. The van der Waals surface area contributed by atoms with Crippen molar-refractivity contribution in [3.8, 4) is 11.4 Å². The molecule has 0 fully saturated rings. The number of fused-ring (bicyclic) bond motifs is 3. The summed E-state index contributed by atoms with van der Waals surface area (Å²) in [6.45, 7) is 0.323. The molecule has 36 heavy (non-hydrogen) atoms. The molecule has 3 aromatic carbocycles. The van der Waals surface area contributed by atoms with Crippen molar-refractivity contribution >= 4 is 28.4 Å².